The Morgan fingerprint density at radius 3 is 2.52 bits per heavy atom. The van der Waals surface area contributed by atoms with Gasteiger partial charge >= 0.3 is 0 Å². The maximum atomic E-state index is 13.5. The molecule has 3 N–H and O–H groups in total. The Kier molecular flexibility index (Phi) is 4.26. The molecule has 0 aliphatic heterocycles. The summed E-state index contributed by atoms with van der Waals surface area (Å²) in [5.74, 6) is -0.718. The number of nitrogen functional groups attached to an aromatic ring is 1. The summed E-state index contributed by atoms with van der Waals surface area (Å²) in [7, 11) is 0. The van der Waals surface area contributed by atoms with Gasteiger partial charge in [0.2, 0.25) is 0 Å². The van der Waals surface area contributed by atoms with Crippen LogP contribution >= 0.6 is 0 Å². The lowest BCUT2D eigenvalue weighted by molar-refractivity contribution is 0.102. The van der Waals surface area contributed by atoms with Crippen molar-refractivity contribution in [3.63, 3.8) is 0 Å². The number of amides is 1. The number of carbonyl (C=O) groups excluding carboxylic acids is 1. The van der Waals surface area contributed by atoms with Crippen LogP contribution in [0.5, 0.6) is 0 Å². The van der Waals surface area contributed by atoms with E-state index >= 15 is 0 Å². The first kappa shape index (κ1) is 15.0. The van der Waals surface area contributed by atoms with Gasteiger partial charge in [-0.3, -0.25) is 4.79 Å². The Bertz CT molecular complexity index is 680. The van der Waals surface area contributed by atoms with Crippen LogP contribution in [0, 0.1) is 12.7 Å². The van der Waals surface area contributed by atoms with E-state index < -0.39 is 11.7 Å². The number of hydrogen-bond donors (Lipinski definition) is 2. The van der Waals surface area contributed by atoms with Crippen molar-refractivity contribution in [2.24, 2.45) is 0 Å². The van der Waals surface area contributed by atoms with Gasteiger partial charge in [-0.1, -0.05) is 38.1 Å². The first-order valence-electron chi connectivity index (χ1n) is 6.86. The highest BCUT2D eigenvalue weighted by Gasteiger charge is 2.16. The first-order chi connectivity index (χ1) is 9.91. The van der Waals surface area contributed by atoms with E-state index in [9.17, 15) is 9.18 Å². The molecule has 21 heavy (non-hydrogen) atoms. The van der Waals surface area contributed by atoms with Gasteiger partial charge in [-0.25, -0.2) is 4.39 Å². The van der Waals surface area contributed by atoms with Crippen molar-refractivity contribution in [2.45, 2.75) is 26.7 Å². The van der Waals surface area contributed by atoms with E-state index in [4.69, 9.17) is 5.73 Å². The number of rotatable bonds is 3. The number of hydrogen-bond acceptors (Lipinski definition) is 2. The van der Waals surface area contributed by atoms with E-state index in [0.717, 1.165) is 16.8 Å². The van der Waals surface area contributed by atoms with Crippen molar-refractivity contribution in [1.82, 2.24) is 0 Å². The van der Waals surface area contributed by atoms with Gasteiger partial charge in [-0.2, -0.15) is 0 Å². The summed E-state index contributed by atoms with van der Waals surface area (Å²) in [5.41, 5.74) is 8.42. The van der Waals surface area contributed by atoms with E-state index in [-0.39, 0.29) is 17.2 Å². The van der Waals surface area contributed by atoms with Gasteiger partial charge < -0.3 is 11.1 Å². The lowest BCUT2D eigenvalue weighted by atomic mass is 9.98. The van der Waals surface area contributed by atoms with Crippen LogP contribution in [0.15, 0.2) is 36.4 Å². The number of para-hydroxylation sites is 2. The average molecular weight is 286 g/mol. The summed E-state index contributed by atoms with van der Waals surface area (Å²) in [5, 5.41) is 2.86. The molecule has 0 bridgehead atoms. The van der Waals surface area contributed by atoms with Crippen molar-refractivity contribution in [3.05, 3.63) is 58.9 Å². The van der Waals surface area contributed by atoms with Gasteiger partial charge in [0, 0.05) is 5.69 Å². The fraction of sp³-hybridized carbons (Fsp3) is 0.235. The molecule has 0 aliphatic rings. The molecular formula is C17H19FN2O. The SMILES string of the molecule is Cc1cccc(C(C)C)c1NC(=O)c1cccc(F)c1N. The van der Waals surface area contributed by atoms with Gasteiger partial charge in [0.25, 0.3) is 5.91 Å². The quantitative estimate of drug-likeness (QED) is 0.835. The predicted molar refractivity (Wildman–Crippen MR) is 84.0 cm³/mol. The Morgan fingerprint density at radius 1 is 1.19 bits per heavy atom. The number of nitrogens with one attached hydrogen (secondary N) is 1. The van der Waals surface area contributed by atoms with Crippen LogP contribution < -0.4 is 11.1 Å². The molecule has 0 unspecified atom stereocenters. The molecule has 0 spiro atoms. The third-order valence-electron chi connectivity index (χ3n) is 3.46. The fourth-order valence-electron chi connectivity index (χ4n) is 2.26. The van der Waals surface area contributed by atoms with Gasteiger partial charge in [0.05, 0.1) is 11.3 Å². The summed E-state index contributed by atoms with van der Waals surface area (Å²) >= 11 is 0. The fourth-order valence-corrected chi connectivity index (χ4v) is 2.26. The largest absolute Gasteiger partial charge is 0.396 e. The normalized spacial score (nSPS) is 10.7. The molecule has 0 atom stereocenters. The number of nitrogens with two attached hydrogens (primary N) is 1. The molecule has 2 aromatic rings. The standard InChI is InChI=1S/C17H19FN2O/c1-10(2)12-7-4-6-11(3)16(12)20-17(21)13-8-5-9-14(18)15(13)19/h4-10H,19H2,1-3H3,(H,20,21). The van der Waals surface area contributed by atoms with Crippen LogP contribution in [-0.2, 0) is 0 Å². The topological polar surface area (TPSA) is 55.1 Å². The summed E-state index contributed by atoms with van der Waals surface area (Å²) in [6.07, 6.45) is 0. The Hall–Kier alpha value is -2.36. The highest BCUT2D eigenvalue weighted by Crippen LogP contribution is 2.28. The van der Waals surface area contributed by atoms with Crippen molar-refractivity contribution in [3.8, 4) is 0 Å². The van der Waals surface area contributed by atoms with Crippen molar-refractivity contribution < 1.29 is 9.18 Å². The average Bonchev–Trinajstić information content (AvgIpc) is 2.43. The zero-order valence-electron chi connectivity index (χ0n) is 12.4. The Labute approximate surface area is 124 Å². The monoisotopic (exact) mass is 286 g/mol. The molecule has 2 aromatic carbocycles. The molecule has 4 heteroatoms. The van der Waals surface area contributed by atoms with E-state index in [1.165, 1.54) is 18.2 Å². The summed E-state index contributed by atoms with van der Waals surface area (Å²) in [4.78, 5) is 12.4. The smallest absolute Gasteiger partial charge is 0.257 e. The number of benzene rings is 2. The van der Waals surface area contributed by atoms with Gasteiger partial charge in [0.15, 0.2) is 0 Å². The second-order valence-electron chi connectivity index (χ2n) is 5.35. The number of halogens is 1. The van der Waals surface area contributed by atoms with Crippen molar-refractivity contribution >= 4 is 17.3 Å². The summed E-state index contributed by atoms with van der Waals surface area (Å²) < 4.78 is 13.5. The molecule has 0 heterocycles. The molecule has 3 nitrogen and oxygen atoms in total. The van der Waals surface area contributed by atoms with E-state index in [1.54, 1.807) is 0 Å². The summed E-state index contributed by atoms with van der Waals surface area (Å²) in [6, 6.07) is 10.1. The first-order valence-corrected chi connectivity index (χ1v) is 6.86. The van der Waals surface area contributed by atoms with Crippen LogP contribution in [0.1, 0.15) is 41.3 Å². The predicted octanol–water partition coefficient (Wildman–Crippen LogP) is 4.09. The van der Waals surface area contributed by atoms with Crippen LogP contribution in [0.4, 0.5) is 15.8 Å². The number of carbonyl (C=O) groups is 1. The molecular weight excluding hydrogens is 267 g/mol. The Morgan fingerprint density at radius 2 is 1.86 bits per heavy atom. The van der Waals surface area contributed by atoms with Gasteiger partial charge in [-0.15, -0.1) is 0 Å². The minimum Gasteiger partial charge on any atom is -0.396 e. The molecule has 0 saturated heterocycles. The molecule has 0 fully saturated rings. The Balaban J connectivity index is 2.39. The third kappa shape index (κ3) is 3.05. The zero-order chi connectivity index (χ0) is 15.6. The van der Waals surface area contributed by atoms with Crippen molar-refractivity contribution in [2.75, 3.05) is 11.1 Å². The van der Waals surface area contributed by atoms with E-state index in [2.05, 4.69) is 19.2 Å². The molecule has 110 valence electrons. The minimum absolute atomic E-state index is 0.130. The highest BCUT2D eigenvalue weighted by atomic mass is 19.1. The third-order valence-corrected chi connectivity index (χ3v) is 3.46. The molecule has 0 radical (unpaired) electrons. The van der Waals surface area contributed by atoms with E-state index in [0.29, 0.717) is 0 Å². The van der Waals surface area contributed by atoms with E-state index in [1.807, 2.05) is 25.1 Å². The van der Waals surface area contributed by atoms with Gasteiger partial charge in [0.1, 0.15) is 5.82 Å². The van der Waals surface area contributed by atoms with Crippen LogP contribution in [-0.4, -0.2) is 5.91 Å². The highest BCUT2D eigenvalue weighted by molar-refractivity contribution is 6.08. The maximum Gasteiger partial charge on any atom is 0.257 e. The maximum absolute atomic E-state index is 13.5. The second-order valence-corrected chi connectivity index (χ2v) is 5.35. The van der Waals surface area contributed by atoms with Crippen LogP contribution in [0.2, 0.25) is 0 Å². The van der Waals surface area contributed by atoms with Crippen molar-refractivity contribution in [1.29, 1.82) is 0 Å². The van der Waals surface area contributed by atoms with Gasteiger partial charge in [-0.05, 0) is 36.1 Å². The lowest BCUT2D eigenvalue weighted by Crippen LogP contribution is -2.17. The summed E-state index contributed by atoms with van der Waals surface area (Å²) in [6.45, 7) is 6.04. The molecule has 1 amide bonds. The number of anilines is 2. The second kappa shape index (κ2) is 5.95. The zero-order valence-corrected chi connectivity index (χ0v) is 12.4. The molecule has 0 aromatic heterocycles. The number of aryl methyl sites for hydroxylation is 1. The lowest BCUT2D eigenvalue weighted by Gasteiger charge is -2.17. The van der Waals surface area contributed by atoms with Crippen LogP contribution in [0.3, 0.4) is 0 Å². The molecule has 0 aliphatic carbocycles. The van der Waals surface area contributed by atoms with Crippen LogP contribution in [0.25, 0.3) is 0 Å². The molecule has 2 rings (SSSR count). The molecule has 0 saturated carbocycles. The minimum atomic E-state index is -0.587.